The Morgan fingerprint density at radius 2 is 2.00 bits per heavy atom. The van der Waals surface area contributed by atoms with Crippen molar-refractivity contribution in [3.8, 4) is 5.75 Å². The fraction of sp³-hybridized carbons (Fsp3) is 0.333. The zero-order valence-corrected chi connectivity index (χ0v) is 16.1. The van der Waals surface area contributed by atoms with E-state index in [-0.39, 0.29) is 12.1 Å². The second-order valence-electron chi connectivity index (χ2n) is 6.82. The monoisotopic (exact) mass is 366 g/mol. The molecule has 0 radical (unpaired) electrons. The molecule has 1 fully saturated rings. The van der Waals surface area contributed by atoms with Crippen LogP contribution in [0.3, 0.4) is 0 Å². The predicted octanol–water partition coefficient (Wildman–Crippen LogP) is 2.72. The maximum atomic E-state index is 12.6. The highest BCUT2D eigenvalue weighted by molar-refractivity contribution is 5.81. The average Bonchev–Trinajstić information content (AvgIpc) is 2.93. The van der Waals surface area contributed by atoms with E-state index < -0.39 is 0 Å². The number of hydrogen-bond donors (Lipinski definition) is 1. The Balaban J connectivity index is 1.78. The highest BCUT2D eigenvalue weighted by Crippen LogP contribution is 2.31. The lowest BCUT2D eigenvalue weighted by atomic mass is 10.1. The van der Waals surface area contributed by atoms with Crippen molar-refractivity contribution in [1.82, 2.24) is 9.80 Å². The molecule has 2 N–H and O–H groups in total. The van der Waals surface area contributed by atoms with Crippen molar-refractivity contribution in [1.29, 1.82) is 0 Å². The number of amides is 1. The molecule has 3 rings (SSSR count). The van der Waals surface area contributed by atoms with Crippen LogP contribution in [0.1, 0.15) is 24.2 Å². The number of carbonyl (C=O) groups is 1. The first-order chi connectivity index (χ1) is 13.0. The standard InChI is InChI=1S/C21H26N4O2/c1-15(22)23-18-6-4-5-17(13-18)21-24(2)14-20(26)25(21)12-11-16-7-9-19(27-3)10-8-16/h4-10,13,21H,11-12,14H2,1-3H3,(H2,22,23). The van der Waals surface area contributed by atoms with Gasteiger partial charge >= 0.3 is 0 Å². The molecule has 27 heavy (non-hydrogen) atoms. The fourth-order valence-corrected chi connectivity index (χ4v) is 3.45. The smallest absolute Gasteiger partial charge is 0.238 e. The van der Waals surface area contributed by atoms with Gasteiger partial charge < -0.3 is 15.4 Å². The van der Waals surface area contributed by atoms with Crippen molar-refractivity contribution in [2.75, 3.05) is 27.2 Å². The molecule has 1 saturated heterocycles. The molecule has 2 aromatic rings. The van der Waals surface area contributed by atoms with Gasteiger partial charge in [-0.3, -0.25) is 9.69 Å². The Hall–Kier alpha value is -2.86. The van der Waals surface area contributed by atoms with Crippen LogP contribution in [0.15, 0.2) is 53.5 Å². The molecule has 6 heteroatoms. The van der Waals surface area contributed by atoms with Crippen LogP contribution in [0.2, 0.25) is 0 Å². The SMILES string of the molecule is COc1ccc(CCN2C(=O)CN(C)C2c2cccc(N=C(C)N)c2)cc1. The van der Waals surface area contributed by atoms with Crippen molar-refractivity contribution >= 4 is 17.4 Å². The molecule has 1 amide bonds. The Morgan fingerprint density at radius 1 is 1.26 bits per heavy atom. The number of aliphatic imine (C=N–C) groups is 1. The minimum atomic E-state index is -0.0935. The van der Waals surface area contributed by atoms with Gasteiger partial charge in [-0.25, -0.2) is 4.99 Å². The van der Waals surface area contributed by atoms with E-state index in [9.17, 15) is 4.79 Å². The van der Waals surface area contributed by atoms with Crippen LogP contribution < -0.4 is 10.5 Å². The topological polar surface area (TPSA) is 71.2 Å². The number of nitrogens with zero attached hydrogens (tertiary/aromatic N) is 3. The van der Waals surface area contributed by atoms with E-state index in [0.717, 1.165) is 23.4 Å². The lowest BCUT2D eigenvalue weighted by molar-refractivity contribution is -0.128. The molecule has 0 bridgehead atoms. The lowest BCUT2D eigenvalue weighted by Crippen LogP contribution is -2.32. The number of hydrogen-bond acceptors (Lipinski definition) is 4. The van der Waals surface area contributed by atoms with Crippen molar-refractivity contribution in [2.24, 2.45) is 10.7 Å². The third-order valence-electron chi connectivity index (χ3n) is 4.69. The van der Waals surface area contributed by atoms with Crippen LogP contribution >= 0.6 is 0 Å². The number of ether oxygens (including phenoxy) is 1. The van der Waals surface area contributed by atoms with E-state index in [1.54, 1.807) is 14.0 Å². The summed E-state index contributed by atoms with van der Waals surface area (Å²) < 4.78 is 5.20. The molecule has 1 heterocycles. The summed E-state index contributed by atoms with van der Waals surface area (Å²) in [6.07, 6.45) is 0.698. The maximum Gasteiger partial charge on any atom is 0.238 e. The van der Waals surface area contributed by atoms with E-state index in [4.69, 9.17) is 10.5 Å². The van der Waals surface area contributed by atoms with Gasteiger partial charge in [0.2, 0.25) is 5.91 Å². The maximum absolute atomic E-state index is 12.6. The van der Waals surface area contributed by atoms with Crippen LogP contribution in [0.4, 0.5) is 5.69 Å². The van der Waals surface area contributed by atoms with Crippen LogP contribution in [-0.4, -0.2) is 48.8 Å². The number of nitrogens with two attached hydrogens (primary N) is 1. The minimum Gasteiger partial charge on any atom is -0.497 e. The summed E-state index contributed by atoms with van der Waals surface area (Å²) in [7, 11) is 3.63. The van der Waals surface area contributed by atoms with E-state index >= 15 is 0 Å². The van der Waals surface area contributed by atoms with Gasteiger partial charge in [0.05, 0.1) is 25.2 Å². The van der Waals surface area contributed by atoms with Crippen molar-refractivity contribution in [2.45, 2.75) is 19.5 Å². The third-order valence-corrected chi connectivity index (χ3v) is 4.69. The van der Waals surface area contributed by atoms with E-state index in [1.165, 1.54) is 5.56 Å². The second kappa shape index (κ2) is 8.22. The molecule has 0 aromatic heterocycles. The third kappa shape index (κ3) is 4.46. The second-order valence-corrected chi connectivity index (χ2v) is 6.82. The molecule has 1 unspecified atom stereocenters. The van der Waals surface area contributed by atoms with Crippen LogP contribution in [0.25, 0.3) is 0 Å². The lowest BCUT2D eigenvalue weighted by Gasteiger charge is -2.28. The van der Waals surface area contributed by atoms with Crippen LogP contribution in [0.5, 0.6) is 5.75 Å². The minimum absolute atomic E-state index is 0.0935. The molecule has 2 aromatic carbocycles. The van der Waals surface area contributed by atoms with Gasteiger partial charge in [-0.05, 0) is 55.8 Å². The predicted molar refractivity (Wildman–Crippen MR) is 107 cm³/mol. The number of likely N-dealkylation sites (N-methyl/N-ethyl adjacent to an activating group) is 1. The van der Waals surface area contributed by atoms with E-state index in [2.05, 4.69) is 9.89 Å². The zero-order valence-electron chi connectivity index (χ0n) is 16.1. The summed E-state index contributed by atoms with van der Waals surface area (Å²) in [6, 6.07) is 15.9. The Labute approximate surface area is 160 Å². The van der Waals surface area contributed by atoms with Crippen LogP contribution in [-0.2, 0) is 11.2 Å². The largest absolute Gasteiger partial charge is 0.497 e. The van der Waals surface area contributed by atoms with Crippen molar-refractivity contribution in [3.63, 3.8) is 0 Å². The molecule has 6 nitrogen and oxygen atoms in total. The van der Waals surface area contributed by atoms with Gasteiger partial charge in [-0.1, -0.05) is 24.3 Å². The zero-order chi connectivity index (χ0) is 19.4. The Bertz CT molecular complexity index is 828. The van der Waals surface area contributed by atoms with Crippen LogP contribution in [0, 0.1) is 0 Å². The summed E-state index contributed by atoms with van der Waals surface area (Å²) in [6.45, 7) is 2.83. The molecular weight excluding hydrogens is 340 g/mol. The summed E-state index contributed by atoms with van der Waals surface area (Å²) in [5.74, 6) is 1.49. The molecule has 0 aliphatic carbocycles. The quantitative estimate of drug-likeness (QED) is 0.630. The number of benzene rings is 2. The fourth-order valence-electron chi connectivity index (χ4n) is 3.45. The molecule has 1 aliphatic rings. The summed E-state index contributed by atoms with van der Waals surface area (Å²) in [4.78, 5) is 20.9. The summed E-state index contributed by atoms with van der Waals surface area (Å²) in [5, 5.41) is 0. The molecular formula is C21H26N4O2. The Kier molecular flexibility index (Phi) is 5.76. The number of rotatable bonds is 6. The Morgan fingerprint density at radius 3 is 2.67 bits per heavy atom. The number of methoxy groups -OCH3 is 1. The highest BCUT2D eigenvalue weighted by atomic mass is 16.5. The molecule has 142 valence electrons. The van der Waals surface area contributed by atoms with Gasteiger partial charge in [0.15, 0.2) is 0 Å². The molecule has 1 atom stereocenters. The summed E-state index contributed by atoms with van der Waals surface area (Å²) >= 11 is 0. The molecule has 0 saturated carbocycles. The first-order valence-corrected chi connectivity index (χ1v) is 9.01. The van der Waals surface area contributed by atoms with E-state index in [1.807, 2.05) is 60.5 Å². The summed E-state index contributed by atoms with van der Waals surface area (Å²) in [5.41, 5.74) is 8.72. The average molecular weight is 366 g/mol. The van der Waals surface area contributed by atoms with Gasteiger partial charge in [-0.2, -0.15) is 0 Å². The first kappa shape index (κ1) is 18.9. The highest BCUT2D eigenvalue weighted by Gasteiger charge is 2.36. The van der Waals surface area contributed by atoms with Gasteiger partial charge in [0.25, 0.3) is 0 Å². The van der Waals surface area contributed by atoms with Gasteiger partial charge in [0, 0.05) is 6.54 Å². The van der Waals surface area contributed by atoms with Gasteiger partial charge in [-0.15, -0.1) is 0 Å². The number of carbonyl (C=O) groups excluding carboxylic acids is 1. The van der Waals surface area contributed by atoms with Crippen molar-refractivity contribution in [3.05, 3.63) is 59.7 Å². The normalized spacial score (nSPS) is 18.2. The molecule has 0 spiro atoms. The van der Waals surface area contributed by atoms with Gasteiger partial charge in [0.1, 0.15) is 11.9 Å². The van der Waals surface area contributed by atoms with Crippen molar-refractivity contribution < 1.29 is 9.53 Å². The van der Waals surface area contributed by atoms with E-state index in [0.29, 0.717) is 18.9 Å². The molecule has 1 aliphatic heterocycles. The number of amidine groups is 1. The first-order valence-electron chi connectivity index (χ1n) is 9.01.